The molecule has 2 aromatic carbocycles. The molecule has 0 bridgehead atoms. The molecule has 0 aliphatic rings. The Labute approximate surface area is 165 Å². The van der Waals surface area contributed by atoms with E-state index in [-0.39, 0.29) is 18.2 Å². The van der Waals surface area contributed by atoms with Crippen LogP contribution < -0.4 is 0 Å². The van der Waals surface area contributed by atoms with Gasteiger partial charge in [0.15, 0.2) is 0 Å². The van der Waals surface area contributed by atoms with Crippen molar-refractivity contribution in [3.05, 3.63) is 77.3 Å². The zero-order chi connectivity index (χ0) is 19.5. The third kappa shape index (κ3) is 3.65. The lowest BCUT2D eigenvalue weighted by Crippen LogP contribution is -2.26. The Kier molecular flexibility index (Phi) is 4.90. The molecule has 0 spiro atoms. The first-order valence-electron chi connectivity index (χ1n) is 8.46. The summed E-state index contributed by atoms with van der Waals surface area (Å²) >= 11 is 6.17. The van der Waals surface area contributed by atoms with E-state index in [1.807, 2.05) is 48.5 Å². The summed E-state index contributed by atoms with van der Waals surface area (Å²) in [5.41, 5.74) is 2.00. The Bertz CT molecular complexity index is 1110. The third-order valence-corrected chi connectivity index (χ3v) is 4.41. The minimum atomic E-state index is -0.356. The third-order valence-electron chi connectivity index (χ3n) is 4.08. The fourth-order valence-electron chi connectivity index (χ4n) is 2.65. The molecule has 0 aliphatic carbocycles. The van der Waals surface area contributed by atoms with Crippen molar-refractivity contribution in [2.45, 2.75) is 6.54 Å². The molecule has 7 nitrogen and oxygen atoms in total. The first-order valence-corrected chi connectivity index (χ1v) is 8.84. The smallest absolute Gasteiger partial charge is 0.292 e. The first-order chi connectivity index (χ1) is 13.6. The molecule has 2 aromatic heterocycles. The number of rotatable bonds is 5. The van der Waals surface area contributed by atoms with E-state index < -0.39 is 0 Å². The van der Waals surface area contributed by atoms with Crippen LogP contribution in [0.5, 0.6) is 0 Å². The van der Waals surface area contributed by atoms with E-state index in [9.17, 15) is 4.79 Å². The minimum absolute atomic E-state index is 0.0974. The highest BCUT2D eigenvalue weighted by atomic mass is 35.5. The van der Waals surface area contributed by atoms with E-state index in [0.29, 0.717) is 28.1 Å². The number of benzene rings is 2. The van der Waals surface area contributed by atoms with E-state index in [4.69, 9.17) is 20.5 Å². The summed E-state index contributed by atoms with van der Waals surface area (Å²) in [5, 5.41) is 12.5. The monoisotopic (exact) mass is 394 g/mol. The quantitative estimate of drug-likeness (QED) is 0.501. The van der Waals surface area contributed by atoms with E-state index in [1.54, 1.807) is 19.2 Å². The summed E-state index contributed by atoms with van der Waals surface area (Å²) < 4.78 is 10.8. The molecule has 2 heterocycles. The van der Waals surface area contributed by atoms with Crippen molar-refractivity contribution in [3.63, 3.8) is 0 Å². The van der Waals surface area contributed by atoms with Gasteiger partial charge < -0.3 is 13.8 Å². The van der Waals surface area contributed by atoms with Crippen LogP contribution in [0.2, 0.25) is 5.02 Å². The van der Waals surface area contributed by atoms with Crippen molar-refractivity contribution in [2.75, 3.05) is 7.05 Å². The maximum Gasteiger partial charge on any atom is 0.292 e. The van der Waals surface area contributed by atoms with Gasteiger partial charge in [0, 0.05) is 24.2 Å². The normalized spacial score (nSPS) is 10.8. The lowest BCUT2D eigenvalue weighted by atomic mass is 10.1. The van der Waals surface area contributed by atoms with Gasteiger partial charge in [-0.15, -0.1) is 10.2 Å². The molecule has 0 atom stereocenters. The number of halogens is 1. The van der Waals surface area contributed by atoms with Crippen molar-refractivity contribution < 1.29 is 13.7 Å². The molecule has 0 saturated carbocycles. The van der Waals surface area contributed by atoms with Gasteiger partial charge in [-0.1, -0.05) is 53.2 Å². The average molecular weight is 395 g/mol. The zero-order valence-corrected chi connectivity index (χ0v) is 15.6. The second-order valence-electron chi connectivity index (χ2n) is 6.08. The van der Waals surface area contributed by atoms with Crippen LogP contribution in [0.4, 0.5) is 0 Å². The van der Waals surface area contributed by atoms with Crippen LogP contribution >= 0.6 is 11.6 Å². The lowest BCUT2D eigenvalue weighted by molar-refractivity contribution is 0.0731. The van der Waals surface area contributed by atoms with Crippen LogP contribution in [0.1, 0.15) is 16.4 Å². The first kappa shape index (κ1) is 17.9. The fraction of sp³-hybridized carbons (Fsp3) is 0.100. The van der Waals surface area contributed by atoms with Gasteiger partial charge in [0.25, 0.3) is 5.91 Å². The lowest BCUT2D eigenvalue weighted by Gasteiger charge is -2.12. The molecule has 28 heavy (non-hydrogen) atoms. The summed E-state index contributed by atoms with van der Waals surface area (Å²) in [5.74, 6) is 0.461. The predicted octanol–water partition coefficient (Wildman–Crippen LogP) is 4.32. The van der Waals surface area contributed by atoms with Gasteiger partial charge in [0.2, 0.25) is 17.5 Å². The van der Waals surface area contributed by atoms with E-state index in [2.05, 4.69) is 15.4 Å². The highest BCUT2D eigenvalue weighted by Gasteiger charge is 2.21. The highest BCUT2D eigenvalue weighted by molar-refractivity contribution is 6.33. The van der Waals surface area contributed by atoms with E-state index >= 15 is 0 Å². The molecule has 0 saturated heterocycles. The number of carbonyl (C=O) groups excluding carboxylic acids is 1. The molecular weight excluding hydrogens is 380 g/mol. The van der Waals surface area contributed by atoms with Crippen LogP contribution in [0.15, 0.2) is 69.6 Å². The van der Waals surface area contributed by atoms with Gasteiger partial charge in [0.1, 0.15) is 5.69 Å². The summed E-state index contributed by atoms with van der Waals surface area (Å²) in [6.45, 7) is 0.140. The van der Waals surface area contributed by atoms with Gasteiger partial charge >= 0.3 is 0 Å². The Hall–Kier alpha value is -3.45. The fourth-order valence-corrected chi connectivity index (χ4v) is 2.88. The van der Waals surface area contributed by atoms with Crippen molar-refractivity contribution in [2.24, 2.45) is 0 Å². The molecule has 140 valence electrons. The maximum atomic E-state index is 12.6. The zero-order valence-electron chi connectivity index (χ0n) is 14.9. The number of hydrogen-bond acceptors (Lipinski definition) is 6. The molecule has 0 N–H and O–H groups in total. The number of amides is 1. The van der Waals surface area contributed by atoms with E-state index in [0.717, 1.165) is 5.56 Å². The largest absolute Gasteiger partial charge is 0.419 e. The van der Waals surface area contributed by atoms with Crippen molar-refractivity contribution in [1.82, 2.24) is 20.3 Å². The standard InChI is InChI=1S/C20H15ClN4O3/c1-25(12-18-22-23-19(27-18)13-7-3-2-4-8-13)20(26)17-11-16(24-28-17)14-9-5-6-10-15(14)21/h2-11H,12H2,1H3. The topological polar surface area (TPSA) is 85.3 Å². The second-order valence-corrected chi connectivity index (χ2v) is 6.49. The Morgan fingerprint density at radius 3 is 2.61 bits per heavy atom. The Morgan fingerprint density at radius 1 is 1.07 bits per heavy atom. The van der Waals surface area contributed by atoms with Gasteiger partial charge in [-0.05, 0) is 18.2 Å². The van der Waals surface area contributed by atoms with Crippen LogP contribution in [0, 0.1) is 0 Å². The van der Waals surface area contributed by atoms with Crippen LogP contribution in [-0.2, 0) is 6.54 Å². The Morgan fingerprint density at radius 2 is 1.82 bits per heavy atom. The minimum Gasteiger partial charge on any atom is -0.419 e. The molecule has 1 amide bonds. The summed E-state index contributed by atoms with van der Waals surface area (Å²) in [6, 6.07) is 18.2. The molecule has 4 aromatic rings. The van der Waals surface area contributed by atoms with Crippen LogP contribution in [0.25, 0.3) is 22.7 Å². The van der Waals surface area contributed by atoms with Crippen LogP contribution in [-0.4, -0.2) is 33.2 Å². The molecule has 0 fully saturated rings. The molecule has 0 unspecified atom stereocenters. The highest BCUT2D eigenvalue weighted by Crippen LogP contribution is 2.27. The SMILES string of the molecule is CN(Cc1nnc(-c2ccccc2)o1)C(=O)c1cc(-c2ccccc2Cl)no1. The van der Waals surface area contributed by atoms with Crippen LogP contribution in [0.3, 0.4) is 0 Å². The Balaban J connectivity index is 1.47. The molecule has 8 heteroatoms. The number of aromatic nitrogens is 3. The predicted molar refractivity (Wildman–Crippen MR) is 102 cm³/mol. The summed E-state index contributed by atoms with van der Waals surface area (Å²) in [4.78, 5) is 14.0. The van der Waals surface area contributed by atoms with Gasteiger partial charge in [0.05, 0.1) is 11.6 Å². The van der Waals surface area contributed by atoms with Crippen molar-refractivity contribution in [1.29, 1.82) is 0 Å². The summed E-state index contributed by atoms with van der Waals surface area (Å²) in [6.07, 6.45) is 0. The number of nitrogens with zero attached hydrogens (tertiary/aromatic N) is 4. The van der Waals surface area contributed by atoms with Gasteiger partial charge in [-0.3, -0.25) is 4.79 Å². The van der Waals surface area contributed by atoms with Gasteiger partial charge in [-0.25, -0.2) is 0 Å². The number of hydrogen-bond donors (Lipinski definition) is 0. The second kappa shape index (κ2) is 7.66. The molecular formula is C20H15ClN4O3. The molecule has 4 rings (SSSR count). The van der Waals surface area contributed by atoms with Crippen molar-refractivity contribution >= 4 is 17.5 Å². The van der Waals surface area contributed by atoms with E-state index in [1.165, 1.54) is 4.90 Å². The molecule has 0 radical (unpaired) electrons. The molecule has 0 aliphatic heterocycles. The number of carbonyl (C=O) groups is 1. The van der Waals surface area contributed by atoms with Crippen molar-refractivity contribution in [3.8, 4) is 22.7 Å². The van der Waals surface area contributed by atoms with Gasteiger partial charge in [-0.2, -0.15) is 0 Å². The maximum absolute atomic E-state index is 12.6. The average Bonchev–Trinajstić information content (AvgIpc) is 3.38. The summed E-state index contributed by atoms with van der Waals surface area (Å²) in [7, 11) is 1.62.